The Morgan fingerprint density at radius 3 is 2.94 bits per heavy atom. The zero-order valence-electron chi connectivity index (χ0n) is 11.2. The van der Waals surface area contributed by atoms with Gasteiger partial charge >= 0.3 is 0 Å². The maximum atomic E-state index is 11.9. The Labute approximate surface area is 108 Å². The van der Waals surface area contributed by atoms with E-state index < -0.39 is 0 Å². The molecule has 4 heteroatoms. The first-order valence-electron chi connectivity index (χ1n) is 6.63. The van der Waals surface area contributed by atoms with Crippen LogP contribution >= 0.6 is 0 Å². The number of nitrogens with one attached hydrogen (secondary N) is 1. The molecule has 4 nitrogen and oxygen atoms in total. The largest absolute Gasteiger partial charge is 0.352 e. The molecular weight excluding hydrogens is 226 g/mol. The van der Waals surface area contributed by atoms with E-state index in [0.717, 1.165) is 18.7 Å². The van der Waals surface area contributed by atoms with E-state index in [4.69, 9.17) is 0 Å². The maximum absolute atomic E-state index is 11.9. The van der Waals surface area contributed by atoms with Gasteiger partial charge in [0.15, 0.2) is 0 Å². The Kier molecular flexibility index (Phi) is 4.18. The van der Waals surface area contributed by atoms with Gasteiger partial charge in [-0.05, 0) is 39.0 Å². The van der Waals surface area contributed by atoms with E-state index in [9.17, 15) is 4.79 Å². The van der Waals surface area contributed by atoms with Crippen molar-refractivity contribution >= 4 is 5.91 Å². The first-order valence-corrected chi connectivity index (χ1v) is 6.63. The molecule has 2 rings (SSSR count). The number of hydrogen-bond acceptors (Lipinski definition) is 2. The lowest BCUT2D eigenvalue weighted by Crippen LogP contribution is -2.25. The molecule has 1 heterocycles. The van der Waals surface area contributed by atoms with Crippen molar-refractivity contribution < 1.29 is 4.79 Å². The van der Waals surface area contributed by atoms with E-state index in [1.165, 1.54) is 31.3 Å². The summed E-state index contributed by atoms with van der Waals surface area (Å²) in [7, 11) is 1.85. The normalized spacial score (nSPS) is 15.3. The molecule has 0 aliphatic heterocycles. The van der Waals surface area contributed by atoms with E-state index in [1.807, 2.05) is 14.0 Å². The van der Waals surface area contributed by atoms with Crippen molar-refractivity contribution in [2.45, 2.75) is 39.0 Å². The van der Waals surface area contributed by atoms with E-state index >= 15 is 0 Å². The van der Waals surface area contributed by atoms with Gasteiger partial charge in [0.1, 0.15) is 0 Å². The molecule has 0 bridgehead atoms. The average Bonchev–Trinajstić information content (AvgIpc) is 2.71. The maximum Gasteiger partial charge on any atom is 0.254 e. The van der Waals surface area contributed by atoms with Gasteiger partial charge in [0.2, 0.25) is 0 Å². The monoisotopic (exact) mass is 247 g/mol. The van der Waals surface area contributed by atoms with E-state index in [1.54, 1.807) is 10.9 Å². The number of allylic oxidation sites excluding steroid dienone is 1. The van der Waals surface area contributed by atoms with Crippen molar-refractivity contribution in [3.05, 3.63) is 29.1 Å². The Morgan fingerprint density at radius 1 is 1.50 bits per heavy atom. The molecule has 1 aliphatic carbocycles. The second-order valence-electron chi connectivity index (χ2n) is 4.88. The van der Waals surface area contributed by atoms with Crippen LogP contribution in [-0.4, -0.2) is 22.2 Å². The number of amides is 1. The molecule has 0 spiro atoms. The second-order valence-corrected chi connectivity index (χ2v) is 4.88. The van der Waals surface area contributed by atoms with Crippen molar-refractivity contribution in [3.63, 3.8) is 0 Å². The molecule has 1 amide bonds. The Bertz CT molecular complexity index is 460. The van der Waals surface area contributed by atoms with Gasteiger partial charge in [0.05, 0.1) is 11.8 Å². The minimum atomic E-state index is -0.0167. The minimum absolute atomic E-state index is 0.0167. The van der Waals surface area contributed by atoms with Crippen molar-refractivity contribution in [2.75, 3.05) is 6.54 Å². The number of aryl methyl sites for hydroxylation is 1. The van der Waals surface area contributed by atoms with Gasteiger partial charge in [-0.1, -0.05) is 11.6 Å². The summed E-state index contributed by atoms with van der Waals surface area (Å²) in [6.07, 6.45) is 9.93. The molecule has 1 aromatic rings. The summed E-state index contributed by atoms with van der Waals surface area (Å²) in [5.41, 5.74) is 3.07. The van der Waals surface area contributed by atoms with Crippen LogP contribution in [-0.2, 0) is 7.05 Å². The minimum Gasteiger partial charge on any atom is -0.352 e. The molecule has 1 aliphatic rings. The molecule has 1 aromatic heterocycles. The summed E-state index contributed by atoms with van der Waals surface area (Å²) in [5.74, 6) is -0.0167. The van der Waals surface area contributed by atoms with Crippen LogP contribution in [0.15, 0.2) is 17.8 Å². The molecule has 0 saturated carbocycles. The van der Waals surface area contributed by atoms with Crippen molar-refractivity contribution in [2.24, 2.45) is 7.05 Å². The van der Waals surface area contributed by atoms with Crippen LogP contribution < -0.4 is 5.32 Å². The topological polar surface area (TPSA) is 46.9 Å². The zero-order valence-corrected chi connectivity index (χ0v) is 11.2. The summed E-state index contributed by atoms with van der Waals surface area (Å²) < 4.78 is 1.72. The van der Waals surface area contributed by atoms with Crippen molar-refractivity contribution in [1.29, 1.82) is 0 Å². The zero-order chi connectivity index (χ0) is 13.0. The lowest BCUT2D eigenvalue weighted by molar-refractivity contribution is 0.0953. The highest BCUT2D eigenvalue weighted by Gasteiger charge is 2.12. The fourth-order valence-corrected chi connectivity index (χ4v) is 2.29. The standard InChI is InChI=1S/C14H21N3O/c1-11-13(10-16-17(11)2)14(18)15-9-8-12-6-4-3-5-7-12/h6,10H,3-5,7-9H2,1-2H3,(H,15,18). The summed E-state index contributed by atoms with van der Waals surface area (Å²) in [6.45, 7) is 2.63. The third kappa shape index (κ3) is 3.00. The van der Waals surface area contributed by atoms with Crippen LogP contribution in [0.1, 0.15) is 48.2 Å². The molecule has 1 N–H and O–H groups in total. The Hall–Kier alpha value is -1.58. The van der Waals surface area contributed by atoms with Gasteiger partial charge in [-0.25, -0.2) is 0 Å². The van der Waals surface area contributed by atoms with Gasteiger partial charge in [-0.3, -0.25) is 9.48 Å². The molecule has 0 radical (unpaired) electrons. The quantitative estimate of drug-likeness (QED) is 0.830. The third-order valence-corrected chi connectivity index (χ3v) is 3.60. The molecule has 0 atom stereocenters. The molecule has 18 heavy (non-hydrogen) atoms. The number of hydrogen-bond donors (Lipinski definition) is 1. The number of rotatable bonds is 4. The first kappa shape index (κ1) is 12.9. The van der Waals surface area contributed by atoms with Crippen LogP contribution in [0.4, 0.5) is 0 Å². The lowest BCUT2D eigenvalue weighted by Gasteiger charge is -2.12. The van der Waals surface area contributed by atoms with Crippen LogP contribution in [0.2, 0.25) is 0 Å². The molecule has 0 saturated heterocycles. The predicted molar refractivity (Wildman–Crippen MR) is 71.4 cm³/mol. The van der Waals surface area contributed by atoms with Crippen LogP contribution in [0, 0.1) is 6.92 Å². The van der Waals surface area contributed by atoms with Gasteiger partial charge in [0, 0.05) is 19.3 Å². The highest BCUT2D eigenvalue weighted by molar-refractivity contribution is 5.94. The van der Waals surface area contributed by atoms with Crippen molar-refractivity contribution in [1.82, 2.24) is 15.1 Å². The van der Waals surface area contributed by atoms with Crippen LogP contribution in [0.5, 0.6) is 0 Å². The molecule has 98 valence electrons. The fourth-order valence-electron chi connectivity index (χ4n) is 2.29. The smallest absolute Gasteiger partial charge is 0.254 e. The van der Waals surface area contributed by atoms with Crippen LogP contribution in [0.3, 0.4) is 0 Å². The summed E-state index contributed by atoms with van der Waals surface area (Å²) in [6, 6.07) is 0. The fraction of sp³-hybridized carbons (Fsp3) is 0.571. The number of carbonyl (C=O) groups is 1. The van der Waals surface area contributed by atoms with E-state index in [-0.39, 0.29) is 5.91 Å². The van der Waals surface area contributed by atoms with E-state index in [0.29, 0.717) is 5.56 Å². The van der Waals surface area contributed by atoms with Gasteiger partial charge < -0.3 is 5.32 Å². The Balaban J connectivity index is 1.81. The Morgan fingerprint density at radius 2 is 2.33 bits per heavy atom. The summed E-state index contributed by atoms with van der Waals surface area (Å²) >= 11 is 0. The number of nitrogens with zero attached hydrogens (tertiary/aromatic N) is 2. The molecular formula is C14H21N3O. The van der Waals surface area contributed by atoms with E-state index in [2.05, 4.69) is 16.5 Å². The lowest BCUT2D eigenvalue weighted by atomic mass is 9.97. The van der Waals surface area contributed by atoms with Crippen LogP contribution in [0.25, 0.3) is 0 Å². The number of aromatic nitrogens is 2. The molecule has 0 aromatic carbocycles. The highest BCUT2D eigenvalue weighted by Crippen LogP contribution is 2.19. The van der Waals surface area contributed by atoms with Gasteiger partial charge in [0.25, 0.3) is 5.91 Å². The SMILES string of the molecule is Cc1c(C(=O)NCCC2=CCCCC2)cnn1C. The highest BCUT2D eigenvalue weighted by atomic mass is 16.1. The molecule has 0 unspecified atom stereocenters. The van der Waals surface area contributed by atoms with Crippen molar-refractivity contribution in [3.8, 4) is 0 Å². The molecule has 0 fully saturated rings. The average molecular weight is 247 g/mol. The summed E-state index contributed by atoms with van der Waals surface area (Å²) in [5, 5.41) is 7.05. The van der Waals surface area contributed by atoms with Gasteiger partial charge in [-0.2, -0.15) is 5.10 Å². The first-order chi connectivity index (χ1) is 8.68. The predicted octanol–water partition coefficient (Wildman–Crippen LogP) is 2.35. The van der Waals surface area contributed by atoms with Gasteiger partial charge in [-0.15, -0.1) is 0 Å². The summed E-state index contributed by atoms with van der Waals surface area (Å²) in [4.78, 5) is 11.9. The number of carbonyl (C=O) groups excluding carboxylic acids is 1. The third-order valence-electron chi connectivity index (χ3n) is 3.60. The second kappa shape index (κ2) is 5.85.